The lowest BCUT2D eigenvalue weighted by atomic mass is 10.1. The van der Waals surface area contributed by atoms with E-state index in [0.29, 0.717) is 23.5 Å². The zero-order valence-electron chi connectivity index (χ0n) is 16.0. The molecular formula is C21H22NO6PS. The van der Waals surface area contributed by atoms with Crippen LogP contribution in [-0.2, 0) is 33.9 Å². The van der Waals surface area contributed by atoms with E-state index < -0.39 is 17.6 Å². The molecule has 0 atom stereocenters. The van der Waals surface area contributed by atoms with Gasteiger partial charge in [-0.25, -0.2) is 13.1 Å². The van der Waals surface area contributed by atoms with E-state index in [4.69, 9.17) is 14.5 Å². The van der Waals surface area contributed by atoms with Crippen molar-refractivity contribution >= 4 is 17.6 Å². The average Bonchev–Trinajstić information content (AvgIpc) is 2.72. The maximum atomic E-state index is 12.5. The Labute approximate surface area is 175 Å². The van der Waals surface area contributed by atoms with E-state index in [2.05, 4.69) is 4.72 Å². The molecule has 0 unspecified atom stereocenters. The van der Waals surface area contributed by atoms with Gasteiger partial charge in [-0.05, 0) is 41.0 Å². The molecular weight excluding hydrogens is 425 g/mol. The van der Waals surface area contributed by atoms with Crippen LogP contribution in [0.25, 0.3) is 0 Å². The third-order valence-corrected chi connectivity index (χ3v) is 6.45. The minimum atomic E-state index is -4.13. The quantitative estimate of drug-likeness (QED) is 0.433. The van der Waals surface area contributed by atoms with Crippen molar-refractivity contribution in [2.75, 3.05) is 0 Å². The van der Waals surface area contributed by atoms with Crippen molar-refractivity contribution in [1.29, 1.82) is 0 Å². The van der Waals surface area contributed by atoms with Gasteiger partial charge in [-0.3, -0.25) is 4.57 Å². The number of rotatable bonds is 9. The predicted octanol–water partition coefficient (Wildman–Crippen LogP) is 3.42. The molecule has 0 spiro atoms. The Kier molecular flexibility index (Phi) is 7.07. The molecule has 9 heteroatoms. The number of hydrogen-bond donors (Lipinski definition) is 3. The van der Waals surface area contributed by atoms with Gasteiger partial charge in [-0.1, -0.05) is 54.6 Å². The number of hydrogen-bond acceptors (Lipinski definition) is 4. The van der Waals surface area contributed by atoms with E-state index in [0.717, 1.165) is 5.56 Å². The van der Waals surface area contributed by atoms with Gasteiger partial charge in [-0.2, -0.15) is 0 Å². The van der Waals surface area contributed by atoms with Crippen molar-refractivity contribution in [3.05, 3.63) is 95.6 Å². The summed E-state index contributed by atoms with van der Waals surface area (Å²) in [5.74, 6) is 0.568. The summed E-state index contributed by atoms with van der Waals surface area (Å²) in [4.78, 5) is 18.1. The molecule has 0 heterocycles. The highest BCUT2D eigenvalue weighted by molar-refractivity contribution is 7.89. The van der Waals surface area contributed by atoms with Crippen molar-refractivity contribution in [1.82, 2.24) is 4.72 Å². The fraction of sp³-hybridized carbons (Fsp3) is 0.143. The van der Waals surface area contributed by atoms with Gasteiger partial charge in [0.15, 0.2) is 0 Å². The van der Waals surface area contributed by atoms with Gasteiger partial charge in [-0.15, -0.1) is 0 Å². The normalized spacial score (nSPS) is 11.9. The topological polar surface area (TPSA) is 113 Å². The summed E-state index contributed by atoms with van der Waals surface area (Å²) in [5.41, 5.74) is 2.18. The lowest BCUT2D eigenvalue weighted by molar-refractivity contribution is 0.306. The van der Waals surface area contributed by atoms with Gasteiger partial charge in [0.05, 0.1) is 11.1 Å². The first-order valence-corrected chi connectivity index (χ1v) is 12.4. The summed E-state index contributed by atoms with van der Waals surface area (Å²) < 4.78 is 44.2. The summed E-state index contributed by atoms with van der Waals surface area (Å²) in [7, 11) is -7.84. The predicted molar refractivity (Wildman–Crippen MR) is 113 cm³/mol. The van der Waals surface area contributed by atoms with Gasteiger partial charge >= 0.3 is 7.60 Å². The minimum absolute atomic E-state index is 0.0603. The van der Waals surface area contributed by atoms with Crippen molar-refractivity contribution in [3.8, 4) is 5.75 Å². The summed E-state index contributed by atoms with van der Waals surface area (Å²) in [6, 6.07) is 22.2. The maximum absolute atomic E-state index is 12.5. The molecule has 7 nitrogen and oxygen atoms in total. The van der Waals surface area contributed by atoms with Gasteiger partial charge < -0.3 is 14.5 Å². The molecule has 3 aromatic carbocycles. The number of nitrogens with one attached hydrogen (secondary N) is 1. The molecule has 0 aromatic heterocycles. The van der Waals surface area contributed by atoms with Crippen molar-refractivity contribution < 1.29 is 27.5 Å². The van der Waals surface area contributed by atoms with Crippen LogP contribution in [0, 0.1) is 0 Å². The van der Waals surface area contributed by atoms with Gasteiger partial charge in [0.1, 0.15) is 12.4 Å². The zero-order chi connectivity index (χ0) is 21.6. The van der Waals surface area contributed by atoms with E-state index in [-0.39, 0.29) is 17.6 Å². The molecule has 0 aliphatic heterocycles. The van der Waals surface area contributed by atoms with Crippen LogP contribution in [-0.4, -0.2) is 18.2 Å². The van der Waals surface area contributed by atoms with Gasteiger partial charge in [0.2, 0.25) is 10.0 Å². The molecule has 0 aliphatic rings. The summed E-state index contributed by atoms with van der Waals surface area (Å²) >= 11 is 0. The minimum Gasteiger partial charge on any atom is -0.489 e. The molecule has 3 rings (SSSR count). The molecule has 30 heavy (non-hydrogen) atoms. The van der Waals surface area contributed by atoms with E-state index in [1.807, 2.05) is 30.3 Å². The number of ether oxygens (including phenoxy) is 1. The lowest BCUT2D eigenvalue weighted by Gasteiger charge is -2.10. The van der Waals surface area contributed by atoms with Gasteiger partial charge in [0, 0.05) is 6.54 Å². The first kappa shape index (κ1) is 22.2. The standard InChI is InChI=1S/C21H22NO6PS/c23-29(24,25)16-19-8-6-17(7-9-19)14-22-30(26,27)21-12-10-20(11-13-21)28-15-18-4-2-1-3-5-18/h1-13,22H,14-16H2,(H2,23,24,25). The van der Waals surface area contributed by atoms with Crippen molar-refractivity contribution in [2.45, 2.75) is 24.2 Å². The Morgan fingerprint density at radius 1 is 0.800 bits per heavy atom. The Balaban J connectivity index is 1.56. The third kappa shape index (κ3) is 6.79. The third-order valence-electron chi connectivity index (χ3n) is 4.26. The fourth-order valence-electron chi connectivity index (χ4n) is 2.72. The second-order valence-electron chi connectivity index (χ2n) is 6.71. The smallest absolute Gasteiger partial charge is 0.329 e. The monoisotopic (exact) mass is 447 g/mol. The molecule has 0 radical (unpaired) electrons. The van der Waals surface area contributed by atoms with Gasteiger partial charge in [0.25, 0.3) is 0 Å². The maximum Gasteiger partial charge on any atom is 0.329 e. The first-order chi connectivity index (χ1) is 14.2. The first-order valence-electron chi connectivity index (χ1n) is 9.10. The van der Waals surface area contributed by atoms with Crippen molar-refractivity contribution in [2.24, 2.45) is 0 Å². The van der Waals surface area contributed by atoms with Crippen LogP contribution in [0.5, 0.6) is 5.75 Å². The highest BCUT2D eigenvalue weighted by Crippen LogP contribution is 2.38. The molecule has 0 saturated heterocycles. The van der Waals surface area contributed by atoms with E-state index in [1.165, 1.54) is 12.1 Å². The summed E-state index contributed by atoms with van der Waals surface area (Å²) in [5, 5.41) is 0. The van der Waals surface area contributed by atoms with Crippen LogP contribution in [0.15, 0.2) is 83.8 Å². The second-order valence-corrected chi connectivity index (χ2v) is 10.1. The molecule has 0 bridgehead atoms. The fourth-order valence-corrected chi connectivity index (χ4v) is 4.42. The number of sulfonamides is 1. The van der Waals surface area contributed by atoms with Crippen LogP contribution in [0.2, 0.25) is 0 Å². The number of benzene rings is 3. The van der Waals surface area contributed by atoms with Crippen LogP contribution >= 0.6 is 7.60 Å². The van der Waals surface area contributed by atoms with Crippen LogP contribution in [0.1, 0.15) is 16.7 Å². The largest absolute Gasteiger partial charge is 0.489 e. The second kappa shape index (κ2) is 9.55. The zero-order valence-corrected chi connectivity index (χ0v) is 17.7. The molecule has 158 valence electrons. The van der Waals surface area contributed by atoms with E-state index in [1.54, 1.807) is 36.4 Å². The van der Waals surface area contributed by atoms with E-state index in [9.17, 15) is 13.0 Å². The summed E-state index contributed by atoms with van der Waals surface area (Å²) in [6.07, 6.45) is -0.350. The lowest BCUT2D eigenvalue weighted by Crippen LogP contribution is -2.23. The highest BCUT2D eigenvalue weighted by Gasteiger charge is 2.15. The Morgan fingerprint density at radius 2 is 1.40 bits per heavy atom. The van der Waals surface area contributed by atoms with Crippen LogP contribution in [0.3, 0.4) is 0 Å². The Morgan fingerprint density at radius 3 is 2.00 bits per heavy atom. The molecule has 0 aliphatic carbocycles. The molecule has 3 N–H and O–H groups in total. The summed E-state index contributed by atoms with van der Waals surface area (Å²) in [6.45, 7) is 0.452. The molecule has 0 fully saturated rings. The average molecular weight is 447 g/mol. The SMILES string of the molecule is O=P(O)(O)Cc1ccc(CNS(=O)(=O)c2ccc(OCc3ccccc3)cc2)cc1. The molecule has 3 aromatic rings. The van der Waals surface area contributed by atoms with Crippen LogP contribution < -0.4 is 9.46 Å². The van der Waals surface area contributed by atoms with E-state index >= 15 is 0 Å². The Hall–Kier alpha value is -2.48. The molecule has 0 amide bonds. The van der Waals surface area contributed by atoms with Crippen LogP contribution in [0.4, 0.5) is 0 Å². The Bertz CT molecular complexity index is 1110. The highest BCUT2D eigenvalue weighted by atomic mass is 32.2. The van der Waals surface area contributed by atoms with Crippen molar-refractivity contribution in [3.63, 3.8) is 0 Å². The molecule has 0 saturated carbocycles.